The summed E-state index contributed by atoms with van der Waals surface area (Å²) in [4.78, 5) is 24.6. The Labute approximate surface area is 558 Å². The number of allylic oxidation sites excluding steroid dienone is 4. The summed E-state index contributed by atoms with van der Waals surface area (Å²) in [7, 11) is 0. The molecule has 0 aromatic rings. The Morgan fingerprint density at radius 3 is 0.865 bits per heavy atom. The van der Waals surface area contributed by atoms with Gasteiger partial charge in [0.1, 0.15) is 0 Å². The van der Waals surface area contributed by atoms with Crippen LogP contribution in [0.15, 0.2) is 24.3 Å². The minimum Gasteiger partial charge on any atom is -0.466 e. The van der Waals surface area contributed by atoms with Crippen LogP contribution in [0.2, 0.25) is 0 Å². The number of rotatable bonds is 78. The van der Waals surface area contributed by atoms with Crippen molar-refractivity contribution in [2.24, 2.45) is 0 Å². The molecule has 3 N–H and O–H groups in total. The van der Waals surface area contributed by atoms with Crippen LogP contribution in [0.5, 0.6) is 0 Å². The Morgan fingerprint density at radius 1 is 0.315 bits per heavy atom. The molecule has 1 amide bonds. The molecule has 2 atom stereocenters. The van der Waals surface area contributed by atoms with Crippen LogP contribution in [-0.2, 0) is 14.3 Å². The van der Waals surface area contributed by atoms with Gasteiger partial charge in [-0.05, 0) is 57.8 Å². The third-order valence-electron chi connectivity index (χ3n) is 19.5. The molecule has 0 aliphatic rings. The van der Waals surface area contributed by atoms with E-state index in [2.05, 4.69) is 43.5 Å². The second-order valence-corrected chi connectivity index (χ2v) is 28.5. The molecule has 0 heterocycles. The van der Waals surface area contributed by atoms with Gasteiger partial charge in [-0.15, -0.1) is 0 Å². The van der Waals surface area contributed by atoms with Gasteiger partial charge in [-0.1, -0.05) is 423 Å². The first-order valence-electron chi connectivity index (χ1n) is 41.1. The quantitative estimate of drug-likeness (QED) is 0.0320. The lowest BCUT2D eigenvalue weighted by atomic mass is 10.0. The molecule has 0 spiro atoms. The van der Waals surface area contributed by atoms with Gasteiger partial charge in [0.25, 0.3) is 0 Å². The van der Waals surface area contributed by atoms with E-state index in [0.29, 0.717) is 25.9 Å². The van der Waals surface area contributed by atoms with Gasteiger partial charge in [0.2, 0.25) is 5.91 Å². The summed E-state index contributed by atoms with van der Waals surface area (Å²) in [5.74, 6) is -0.0129. The van der Waals surface area contributed by atoms with Gasteiger partial charge < -0.3 is 20.3 Å². The van der Waals surface area contributed by atoms with Crippen LogP contribution in [0, 0.1) is 0 Å². The second kappa shape index (κ2) is 78.8. The minimum absolute atomic E-state index is 0.0114. The molecule has 0 bridgehead atoms. The van der Waals surface area contributed by atoms with Crippen molar-refractivity contribution in [3.63, 3.8) is 0 Å². The summed E-state index contributed by atoms with van der Waals surface area (Å²) in [6.07, 6.45) is 102. The van der Waals surface area contributed by atoms with E-state index in [1.54, 1.807) is 0 Å². The molecule has 0 fully saturated rings. The monoisotopic (exact) mass is 1250 g/mol. The van der Waals surface area contributed by atoms with Gasteiger partial charge >= 0.3 is 5.97 Å². The smallest absolute Gasteiger partial charge is 0.305 e. The number of aliphatic hydroxyl groups is 2. The van der Waals surface area contributed by atoms with Gasteiger partial charge in [-0.25, -0.2) is 0 Å². The highest BCUT2D eigenvalue weighted by atomic mass is 16.5. The van der Waals surface area contributed by atoms with E-state index in [4.69, 9.17) is 4.74 Å². The first-order chi connectivity index (χ1) is 44.0. The molecule has 0 rings (SSSR count). The summed E-state index contributed by atoms with van der Waals surface area (Å²) in [5.41, 5.74) is 0. The fourth-order valence-corrected chi connectivity index (χ4v) is 13.3. The van der Waals surface area contributed by atoms with Crippen LogP contribution in [0.25, 0.3) is 0 Å². The molecule has 89 heavy (non-hydrogen) atoms. The van der Waals surface area contributed by atoms with Gasteiger partial charge in [0.15, 0.2) is 0 Å². The first-order valence-corrected chi connectivity index (χ1v) is 41.1. The third kappa shape index (κ3) is 75.3. The van der Waals surface area contributed by atoms with Crippen LogP contribution in [0.1, 0.15) is 470 Å². The SMILES string of the molecule is CCCCCC/C=C\C/C=C\CCCCCCCC(=O)OCCCCCCCCCCCCCCCCCCCCCCCCCCCCCCCCCCCCCCCCCC(=O)NC(CO)C(O)CCCCCCCCCCCCCCCCCCC. The first kappa shape index (κ1) is 87.3. The number of amides is 1. The lowest BCUT2D eigenvalue weighted by Gasteiger charge is -2.22. The van der Waals surface area contributed by atoms with Crippen molar-refractivity contribution in [2.45, 2.75) is 482 Å². The number of aliphatic hydroxyl groups excluding tert-OH is 2. The van der Waals surface area contributed by atoms with E-state index in [9.17, 15) is 19.8 Å². The topological polar surface area (TPSA) is 95.9 Å². The van der Waals surface area contributed by atoms with Gasteiger partial charge in [-0.2, -0.15) is 0 Å². The molecule has 0 saturated heterocycles. The molecule has 0 aliphatic heterocycles. The maximum absolute atomic E-state index is 12.5. The Balaban J connectivity index is 3.29. The van der Waals surface area contributed by atoms with E-state index >= 15 is 0 Å². The summed E-state index contributed by atoms with van der Waals surface area (Å²) in [6, 6.07) is -0.537. The van der Waals surface area contributed by atoms with Crippen molar-refractivity contribution in [3.05, 3.63) is 24.3 Å². The fraction of sp³-hybridized carbons (Fsp3) is 0.928. The van der Waals surface area contributed by atoms with Crippen LogP contribution >= 0.6 is 0 Å². The van der Waals surface area contributed by atoms with E-state index < -0.39 is 12.1 Å². The molecule has 0 saturated carbocycles. The van der Waals surface area contributed by atoms with Crippen molar-refractivity contribution >= 4 is 11.9 Å². The Kier molecular flexibility index (Phi) is 77.3. The zero-order valence-electron chi connectivity index (χ0n) is 60.7. The largest absolute Gasteiger partial charge is 0.466 e. The van der Waals surface area contributed by atoms with E-state index in [-0.39, 0.29) is 18.5 Å². The number of carbonyl (C=O) groups excluding carboxylic acids is 2. The zero-order chi connectivity index (χ0) is 64.2. The predicted molar refractivity (Wildman–Crippen MR) is 393 cm³/mol. The normalized spacial score (nSPS) is 12.5. The highest BCUT2D eigenvalue weighted by Crippen LogP contribution is 2.21. The van der Waals surface area contributed by atoms with Gasteiger partial charge in [0, 0.05) is 12.8 Å². The number of hydrogen-bond donors (Lipinski definition) is 3. The van der Waals surface area contributed by atoms with Crippen molar-refractivity contribution in [3.8, 4) is 0 Å². The van der Waals surface area contributed by atoms with Crippen LogP contribution in [0.4, 0.5) is 0 Å². The maximum atomic E-state index is 12.5. The van der Waals surface area contributed by atoms with Crippen LogP contribution in [0.3, 0.4) is 0 Å². The maximum Gasteiger partial charge on any atom is 0.305 e. The molecular weight excluding hydrogens is 1090 g/mol. The van der Waals surface area contributed by atoms with Crippen molar-refractivity contribution < 1.29 is 24.5 Å². The molecule has 528 valence electrons. The third-order valence-corrected chi connectivity index (χ3v) is 19.5. The van der Waals surface area contributed by atoms with Gasteiger partial charge in [-0.3, -0.25) is 9.59 Å². The number of esters is 1. The van der Waals surface area contributed by atoms with E-state index in [0.717, 1.165) is 51.4 Å². The summed E-state index contributed by atoms with van der Waals surface area (Å²) < 4.78 is 5.50. The van der Waals surface area contributed by atoms with E-state index in [1.165, 1.54) is 385 Å². The standard InChI is InChI=1S/C83H161NO5/c1-3-5-7-9-11-13-15-17-19-44-47-51-55-59-63-67-71-75-81(86)80(79-85)84-82(87)76-72-68-64-60-56-52-48-45-42-40-38-36-34-32-30-28-26-24-22-21-23-25-27-29-31-33-35-37-39-41-43-46-50-54-58-62-66-70-74-78-89-83(88)77-73-69-65-61-57-53-49-20-18-16-14-12-10-8-6-4-2/h14,16,20,49,80-81,85-86H,3-13,15,17-19,21-48,50-79H2,1-2H3,(H,84,87)/b16-14-,49-20-. The Bertz CT molecular complexity index is 1400. The average Bonchev–Trinajstić information content (AvgIpc) is 3.63. The average molecular weight is 1250 g/mol. The van der Waals surface area contributed by atoms with Crippen molar-refractivity contribution in [1.82, 2.24) is 5.32 Å². The molecule has 0 aliphatic carbocycles. The second-order valence-electron chi connectivity index (χ2n) is 28.5. The number of carbonyl (C=O) groups is 2. The summed E-state index contributed by atoms with van der Waals surface area (Å²) in [5, 5.41) is 23.4. The molecule has 0 radical (unpaired) electrons. The molecule has 0 aromatic carbocycles. The predicted octanol–water partition coefficient (Wildman–Crippen LogP) is 27.2. The highest BCUT2D eigenvalue weighted by Gasteiger charge is 2.20. The van der Waals surface area contributed by atoms with Crippen molar-refractivity contribution in [1.29, 1.82) is 0 Å². The van der Waals surface area contributed by atoms with Crippen molar-refractivity contribution in [2.75, 3.05) is 13.2 Å². The molecule has 6 heteroatoms. The van der Waals surface area contributed by atoms with Crippen LogP contribution in [-0.4, -0.2) is 47.4 Å². The zero-order valence-corrected chi connectivity index (χ0v) is 60.7. The Hall–Kier alpha value is -1.66. The number of unbranched alkanes of at least 4 members (excludes halogenated alkanes) is 63. The fourth-order valence-electron chi connectivity index (χ4n) is 13.3. The highest BCUT2D eigenvalue weighted by molar-refractivity contribution is 5.76. The van der Waals surface area contributed by atoms with Crippen LogP contribution < -0.4 is 5.32 Å². The Morgan fingerprint density at radius 2 is 0.562 bits per heavy atom. The van der Waals surface area contributed by atoms with E-state index in [1.807, 2.05) is 0 Å². The number of ether oxygens (including phenoxy) is 1. The number of nitrogens with one attached hydrogen (secondary N) is 1. The molecule has 2 unspecified atom stereocenters. The minimum atomic E-state index is -0.660. The molecule has 0 aromatic heterocycles. The lowest BCUT2D eigenvalue weighted by Crippen LogP contribution is -2.45. The van der Waals surface area contributed by atoms with Gasteiger partial charge in [0.05, 0.1) is 25.4 Å². The summed E-state index contributed by atoms with van der Waals surface area (Å²) >= 11 is 0. The number of hydrogen-bond acceptors (Lipinski definition) is 5. The lowest BCUT2D eigenvalue weighted by molar-refractivity contribution is -0.143. The molecular formula is C83H161NO5. The summed E-state index contributed by atoms with van der Waals surface area (Å²) in [6.45, 7) is 4.98. The molecule has 6 nitrogen and oxygen atoms in total.